The smallest absolute Gasteiger partial charge is 0.390 e. The highest BCUT2D eigenvalue weighted by molar-refractivity contribution is 7.46. The van der Waals surface area contributed by atoms with Gasteiger partial charge in [0.1, 0.15) is 12.3 Å². The van der Waals surface area contributed by atoms with Crippen LogP contribution in [-0.4, -0.2) is 43.3 Å². The molecule has 0 spiro atoms. The standard InChI is InChI=1S/C9H13N2O8P/c12-5-3-8(11-2-1-7(13)10-9(11)14)19-6(5)4-18-20(15,16)17/h1-2,5-6,8,12H,3-4H2,(H,10,13,14)(H2,15,16,17)/t5-,6+,8+/m1/s1. The minimum absolute atomic E-state index is 0.0289. The van der Waals surface area contributed by atoms with Crippen LogP contribution >= 0.6 is 7.82 Å². The van der Waals surface area contributed by atoms with Gasteiger partial charge in [-0.25, -0.2) is 9.36 Å². The van der Waals surface area contributed by atoms with E-state index in [4.69, 9.17) is 14.5 Å². The number of nitrogens with one attached hydrogen (secondary N) is 1. The van der Waals surface area contributed by atoms with Crippen molar-refractivity contribution in [1.82, 2.24) is 9.55 Å². The molecule has 1 aromatic rings. The van der Waals surface area contributed by atoms with Crippen molar-refractivity contribution < 1.29 is 28.7 Å². The summed E-state index contributed by atoms with van der Waals surface area (Å²) >= 11 is 0. The summed E-state index contributed by atoms with van der Waals surface area (Å²) in [6.07, 6.45) is -1.64. The average molecular weight is 308 g/mol. The molecule has 112 valence electrons. The number of ether oxygens (including phenoxy) is 1. The minimum atomic E-state index is -4.66. The molecular formula is C9H13N2O8P. The number of aliphatic hydroxyl groups is 1. The maximum absolute atomic E-state index is 11.5. The summed E-state index contributed by atoms with van der Waals surface area (Å²) in [7, 11) is -4.66. The first-order valence-electron chi connectivity index (χ1n) is 5.61. The molecular weight excluding hydrogens is 295 g/mol. The lowest BCUT2D eigenvalue weighted by Crippen LogP contribution is -2.31. The summed E-state index contributed by atoms with van der Waals surface area (Å²) in [6, 6.07) is 1.12. The highest BCUT2D eigenvalue weighted by atomic mass is 31.2. The summed E-state index contributed by atoms with van der Waals surface area (Å²) in [5, 5.41) is 9.72. The van der Waals surface area contributed by atoms with E-state index in [9.17, 15) is 19.3 Å². The summed E-state index contributed by atoms with van der Waals surface area (Å²) in [5.74, 6) is 0. The number of nitrogens with zero attached hydrogens (tertiary/aromatic N) is 1. The van der Waals surface area contributed by atoms with Crippen molar-refractivity contribution in [3.05, 3.63) is 33.1 Å². The van der Waals surface area contributed by atoms with Gasteiger partial charge < -0.3 is 19.6 Å². The number of aliphatic hydroxyl groups excluding tert-OH is 1. The molecule has 20 heavy (non-hydrogen) atoms. The van der Waals surface area contributed by atoms with E-state index < -0.39 is 44.1 Å². The van der Waals surface area contributed by atoms with Gasteiger partial charge in [0, 0.05) is 18.7 Å². The van der Waals surface area contributed by atoms with Gasteiger partial charge in [-0.3, -0.25) is 18.9 Å². The zero-order chi connectivity index (χ0) is 14.9. The van der Waals surface area contributed by atoms with E-state index in [2.05, 4.69) is 4.52 Å². The highest BCUT2D eigenvalue weighted by Crippen LogP contribution is 2.37. The van der Waals surface area contributed by atoms with Crippen molar-refractivity contribution in [2.24, 2.45) is 0 Å². The Morgan fingerprint density at radius 1 is 1.50 bits per heavy atom. The molecule has 1 aliphatic heterocycles. The molecule has 2 rings (SSSR count). The topological polar surface area (TPSA) is 151 Å². The van der Waals surface area contributed by atoms with E-state index in [0.29, 0.717) is 0 Å². The predicted molar refractivity (Wildman–Crippen MR) is 63.9 cm³/mol. The second-order valence-electron chi connectivity index (χ2n) is 4.24. The minimum Gasteiger partial charge on any atom is -0.390 e. The SMILES string of the molecule is O=c1ccn([C@@H]2C[C@@H](O)[C@H](COP(=O)(O)O)O2)c(=O)[nH]1. The van der Waals surface area contributed by atoms with Crippen molar-refractivity contribution in [3.8, 4) is 0 Å². The molecule has 0 radical (unpaired) electrons. The van der Waals surface area contributed by atoms with E-state index in [1.807, 2.05) is 4.98 Å². The van der Waals surface area contributed by atoms with E-state index in [1.165, 1.54) is 6.20 Å². The van der Waals surface area contributed by atoms with Gasteiger partial charge in [-0.1, -0.05) is 0 Å². The van der Waals surface area contributed by atoms with Gasteiger partial charge in [0.05, 0.1) is 12.7 Å². The fourth-order valence-electron chi connectivity index (χ4n) is 1.86. The molecule has 1 aliphatic rings. The van der Waals surface area contributed by atoms with Gasteiger partial charge in [-0.2, -0.15) is 0 Å². The van der Waals surface area contributed by atoms with Gasteiger partial charge in [-0.05, 0) is 0 Å². The Morgan fingerprint density at radius 3 is 2.80 bits per heavy atom. The fraction of sp³-hybridized carbons (Fsp3) is 0.556. The van der Waals surface area contributed by atoms with Crippen LogP contribution in [0.3, 0.4) is 0 Å². The molecule has 1 saturated heterocycles. The number of aromatic amines is 1. The van der Waals surface area contributed by atoms with Crippen LogP contribution < -0.4 is 11.2 Å². The molecule has 0 bridgehead atoms. The third-order valence-corrected chi connectivity index (χ3v) is 3.26. The van der Waals surface area contributed by atoms with Crippen LogP contribution in [0.1, 0.15) is 12.6 Å². The molecule has 4 N–H and O–H groups in total. The summed E-state index contributed by atoms with van der Waals surface area (Å²) in [4.78, 5) is 41.7. The number of aromatic nitrogens is 2. The third-order valence-electron chi connectivity index (χ3n) is 2.77. The Balaban J connectivity index is 2.08. The predicted octanol–water partition coefficient (Wildman–Crippen LogP) is -1.71. The van der Waals surface area contributed by atoms with Gasteiger partial charge in [-0.15, -0.1) is 0 Å². The maximum Gasteiger partial charge on any atom is 0.469 e. The number of hydrogen-bond acceptors (Lipinski definition) is 6. The molecule has 0 aliphatic carbocycles. The summed E-state index contributed by atoms with van der Waals surface area (Å²) in [6.45, 7) is -0.514. The van der Waals surface area contributed by atoms with Crippen LogP contribution in [0.25, 0.3) is 0 Å². The van der Waals surface area contributed by atoms with E-state index in [1.54, 1.807) is 0 Å². The Labute approximate surface area is 111 Å². The molecule has 11 heteroatoms. The number of phosphoric ester groups is 1. The molecule has 0 aromatic carbocycles. The lowest BCUT2D eigenvalue weighted by molar-refractivity contribution is -0.0450. The van der Waals surface area contributed by atoms with Crippen molar-refractivity contribution in [3.63, 3.8) is 0 Å². The van der Waals surface area contributed by atoms with Crippen LogP contribution in [0.4, 0.5) is 0 Å². The normalized spacial score (nSPS) is 26.9. The Kier molecular flexibility index (Phi) is 4.23. The van der Waals surface area contributed by atoms with Crippen molar-refractivity contribution in [2.75, 3.05) is 6.61 Å². The fourth-order valence-corrected chi connectivity index (χ4v) is 2.20. The Bertz CT molecular complexity index is 633. The van der Waals surface area contributed by atoms with Crippen LogP contribution in [-0.2, 0) is 13.8 Å². The second kappa shape index (κ2) is 5.60. The maximum atomic E-state index is 11.5. The molecule has 3 atom stereocenters. The third kappa shape index (κ3) is 3.63. The average Bonchev–Trinajstić information content (AvgIpc) is 2.67. The van der Waals surface area contributed by atoms with Crippen LogP contribution in [0.15, 0.2) is 21.9 Å². The molecule has 0 amide bonds. The van der Waals surface area contributed by atoms with Gasteiger partial charge in [0.15, 0.2) is 0 Å². The highest BCUT2D eigenvalue weighted by Gasteiger charge is 2.36. The second-order valence-corrected chi connectivity index (χ2v) is 5.48. The first-order chi connectivity index (χ1) is 9.26. The van der Waals surface area contributed by atoms with Gasteiger partial charge in [0.25, 0.3) is 5.56 Å². The quantitative estimate of drug-likeness (QED) is 0.480. The number of H-pyrrole nitrogens is 1. The Hall–Kier alpha value is -1.29. The molecule has 1 aromatic heterocycles. The van der Waals surface area contributed by atoms with Gasteiger partial charge in [0.2, 0.25) is 0 Å². The van der Waals surface area contributed by atoms with Crippen molar-refractivity contribution in [1.29, 1.82) is 0 Å². The van der Waals surface area contributed by atoms with E-state index >= 15 is 0 Å². The molecule has 1 fully saturated rings. The van der Waals surface area contributed by atoms with Crippen molar-refractivity contribution in [2.45, 2.75) is 24.9 Å². The van der Waals surface area contributed by atoms with Gasteiger partial charge >= 0.3 is 13.5 Å². The molecule has 0 saturated carbocycles. The first-order valence-corrected chi connectivity index (χ1v) is 7.14. The zero-order valence-electron chi connectivity index (χ0n) is 10.1. The molecule has 2 heterocycles. The molecule has 0 unspecified atom stereocenters. The van der Waals surface area contributed by atoms with Crippen LogP contribution in [0.5, 0.6) is 0 Å². The summed E-state index contributed by atoms with van der Waals surface area (Å²) < 4.78 is 21.2. The van der Waals surface area contributed by atoms with Crippen molar-refractivity contribution >= 4 is 7.82 Å². The first kappa shape index (κ1) is 15.1. The monoisotopic (exact) mass is 308 g/mol. The molecule has 10 nitrogen and oxygen atoms in total. The lowest BCUT2D eigenvalue weighted by Gasteiger charge is -2.16. The van der Waals surface area contributed by atoms with Crippen LogP contribution in [0.2, 0.25) is 0 Å². The lowest BCUT2D eigenvalue weighted by atomic mass is 10.2. The van der Waals surface area contributed by atoms with Crippen LogP contribution in [0, 0.1) is 0 Å². The summed E-state index contributed by atoms with van der Waals surface area (Å²) in [5.41, 5.74) is -1.27. The van der Waals surface area contributed by atoms with E-state index in [0.717, 1.165) is 10.6 Å². The number of rotatable bonds is 4. The number of phosphoric acid groups is 1. The Morgan fingerprint density at radius 2 is 2.20 bits per heavy atom. The zero-order valence-corrected chi connectivity index (χ0v) is 11.0. The largest absolute Gasteiger partial charge is 0.469 e. The van der Waals surface area contributed by atoms with E-state index in [-0.39, 0.29) is 6.42 Å². The number of hydrogen-bond donors (Lipinski definition) is 4.